The summed E-state index contributed by atoms with van der Waals surface area (Å²) in [5.41, 5.74) is 0.746. The topological polar surface area (TPSA) is 66.8 Å². The van der Waals surface area contributed by atoms with Crippen LogP contribution in [0, 0.1) is 0 Å². The van der Waals surface area contributed by atoms with E-state index in [2.05, 4.69) is 0 Å². The third-order valence-corrected chi connectivity index (χ3v) is 4.80. The molecule has 124 valence electrons. The van der Waals surface area contributed by atoms with E-state index in [0.717, 1.165) is 12.8 Å². The zero-order valence-corrected chi connectivity index (χ0v) is 13.2. The first-order chi connectivity index (χ1) is 11.1. The number of likely N-dealkylation sites (tertiary alicyclic amines) is 1. The molecule has 5 heteroatoms. The van der Waals surface area contributed by atoms with Crippen molar-refractivity contribution in [2.24, 2.45) is 0 Å². The Kier molecular flexibility index (Phi) is 4.96. The second-order valence-corrected chi connectivity index (χ2v) is 6.42. The van der Waals surface area contributed by atoms with E-state index in [0.29, 0.717) is 24.8 Å². The summed E-state index contributed by atoms with van der Waals surface area (Å²) in [6.07, 6.45) is 7.36. The van der Waals surface area contributed by atoms with E-state index in [1.54, 1.807) is 12.1 Å². The van der Waals surface area contributed by atoms with Crippen LogP contribution in [0.5, 0.6) is 0 Å². The smallest absolute Gasteiger partial charge is 0.335 e. The van der Waals surface area contributed by atoms with Crippen molar-refractivity contribution < 1.29 is 19.4 Å². The minimum Gasteiger partial charge on any atom is -0.478 e. The monoisotopic (exact) mass is 317 g/mol. The van der Waals surface area contributed by atoms with Gasteiger partial charge in [-0.05, 0) is 49.9 Å². The van der Waals surface area contributed by atoms with E-state index in [-0.39, 0.29) is 17.6 Å². The van der Waals surface area contributed by atoms with Crippen LogP contribution in [0.1, 0.15) is 59.2 Å². The summed E-state index contributed by atoms with van der Waals surface area (Å²) >= 11 is 0. The summed E-state index contributed by atoms with van der Waals surface area (Å²) in [6.45, 7) is 1.41. The largest absolute Gasteiger partial charge is 0.478 e. The molecule has 0 bridgehead atoms. The van der Waals surface area contributed by atoms with E-state index in [1.165, 1.54) is 37.8 Å². The summed E-state index contributed by atoms with van der Waals surface area (Å²) in [5.74, 6) is -1.00. The lowest BCUT2D eigenvalue weighted by Crippen LogP contribution is -2.41. The van der Waals surface area contributed by atoms with Gasteiger partial charge in [0.15, 0.2) is 0 Å². The van der Waals surface area contributed by atoms with Crippen LogP contribution in [0.25, 0.3) is 0 Å². The molecule has 1 N–H and O–H groups in total. The van der Waals surface area contributed by atoms with Gasteiger partial charge in [0.05, 0.1) is 17.8 Å². The predicted molar refractivity (Wildman–Crippen MR) is 85.7 cm³/mol. The fourth-order valence-corrected chi connectivity index (χ4v) is 3.43. The van der Waals surface area contributed by atoms with Crippen LogP contribution in [-0.4, -0.2) is 47.2 Å². The number of amides is 1. The summed E-state index contributed by atoms with van der Waals surface area (Å²) < 4.78 is 6.12. The van der Waals surface area contributed by atoms with Crippen LogP contribution in [0.2, 0.25) is 0 Å². The molecule has 3 rings (SSSR count). The Morgan fingerprint density at radius 1 is 0.913 bits per heavy atom. The molecule has 1 amide bonds. The first-order valence-corrected chi connectivity index (χ1v) is 8.41. The average Bonchev–Trinajstić information content (AvgIpc) is 3.08. The third kappa shape index (κ3) is 3.91. The van der Waals surface area contributed by atoms with Gasteiger partial charge in [-0.15, -0.1) is 0 Å². The van der Waals surface area contributed by atoms with Gasteiger partial charge in [0.1, 0.15) is 0 Å². The maximum Gasteiger partial charge on any atom is 0.335 e. The standard InChI is InChI=1S/C18H23NO4/c20-17(13-5-7-14(8-6-13)18(21)22)19-11-9-16(10-12-19)23-15-3-1-2-4-15/h5-8,15-16H,1-4,9-12H2,(H,21,22). The maximum atomic E-state index is 12.5. The van der Waals surface area contributed by atoms with E-state index >= 15 is 0 Å². The molecule has 1 aromatic carbocycles. The molecule has 0 radical (unpaired) electrons. The van der Waals surface area contributed by atoms with Crippen molar-refractivity contribution >= 4 is 11.9 Å². The first kappa shape index (κ1) is 16.0. The maximum absolute atomic E-state index is 12.5. The number of aromatic carboxylic acids is 1. The van der Waals surface area contributed by atoms with E-state index in [9.17, 15) is 9.59 Å². The second kappa shape index (κ2) is 7.13. The number of hydrogen-bond acceptors (Lipinski definition) is 3. The van der Waals surface area contributed by atoms with Crippen LogP contribution in [0.4, 0.5) is 0 Å². The molecule has 5 nitrogen and oxygen atoms in total. The van der Waals surface area contributed by atoms with Crippen molar-refractivity contribution in [1.82, 2.24) is 4.90 Å². The number of nitrogens with zero attached hydrogens (tertiary/aromatic N) is 1. The molecule has 1 heterocycles. The molecule has 1 aromatic rings. The van der Waals surface area contributed by atoms with Gasteiger partial charge in [0, 0.05) is 18.7 Å². The highest BCUT2D eigenvalue weighted by Gasteiger charge is 2.27. The Labute approximate surface area is 136 Å². The lowest BCUT2D eigenvalue weighted by atomic mass is 10.0. The lowest BCUT2D eigenvalue weighted by Gasteiger charge is -2.33. The molecule has 0 unspecified atom stereocenters. The number of carboxylic acid groups (broad SMARTS) is 1. The van der Waals surface area contributed by atoms with Crippen molar-refractivity contribution in [2.45, 2.75) is 50.7 Å². The highest BCUT2D eigenvalue weighted by atomic mass is 16.5. The molecule has 1 aliphatic carbocycles. The van der Waals surface area contributed by atoms with Gasteiger partial charge in [-0.3, -0.25) is 4.79 Å². The Balaban J connectivity index is 1.52. The van der Waals surface area contributed by atoms with Crippen LogP contribution < -0.4 is 0 Å². The number of carbonyl (C=O) groups is 2. The highest BCUT2D eigenvalue weighted by Crippen LogP contribution is 2.25. The summed E-state index contributed by atoms with van der Waals surface area (Å²) in [7, 11) is 0. The second-order valence-electron chi connectivity index (χ2n) is 6.42. The summed E-state index contributed by atoms with van der Waals surface area (Å²) in [6, 6.07) is 6.14. The minimum atomic E-state index is -0.978. The average molecular weight is 317 g/mol. The van der Waals surface area contributed by atoms with Crippen molar-refractivity contribution in [1.29, 1.82) is 0 Å². The Hall–Kier alpha value is -1.88. The van der Waals surface area contributed by atoms with Crippen molar-refractivity contribution in [3.05, 3.63) is 35.4 Å². The number of benzene rings is 1. The Bertz CT molecular complexity index is 555. The molecule has 2 aliphatic rings. The fraction of sp³-hybridized carbons (Fsp3) is 0.556. The Morgan fingerprint density at radius 2 is 1.43 bits per heavy atom. The number of hydrogen-bond donors (Lipinski definition) is 1. The van der Waals surface area contributed by atoms with Crippen LogP contribution in [0.3, 0.4) is 0 Å². The number of carbonyl (C=O) groups excluding carboxylic acids is 1. The highest BCUT2D eigenvalue weighted by molar-refractivity contribution is 5.95. The number of carboxylic acids is 1. The molecule has 0 spiro atoms. The Morgan fingerprint density at radius 3 is 2.00 bits per heavy atom. The number of piperidine rings is 1. The van der Waals surface area contributed by atoms with Crippen molar-refractivity contribution in [2.75, 3.05) is 13.1 Å². The van der Waals surface area contributed by atoms with Gasteiger partial charge in [0.2, 0.25) is 0 Å². The molecular formula is C18H23NO4. The van der Waals surface area contributed by atoms with Gasteiger partial charge < -0.3 is 14.7 Å². The molecule has 1 saturated carbocycles. The first-order valence-electron chi connectivity index (χ1n) is 8.41. The van der Waals surface area contributed by atoms with Gasteiger partial charge in [-0.2, -0.15) is 0 Å². The quantitative estimate of drug-likeness (QED) is 0.927. The summed E-state index contributed by atoms with van der Waals surface area (Å²) in [4.78, 5) is 25.2. The number of rotatable bonds is 4. The van der Waals surface area contributed by atoms with Crippen LogP contribution in [-0.2, 0) is 4.74 Å². The SMILES string of the molecule is O=C(O)c1ccc(C(=O)N2CCC(OC3CCCC3)CC2)cc1. The summed E-state index contributed by atoms with van der Waals surface area (Å²) in [5, 5.41) is 8.90. The molecule has 2 fully saturated rings. The zero-order valence-electron chi connectivity index (χ0n) is 13.2. The predicted octanol–water partition coefficient (Wildman–Crippen LogP) is 2.95. The van der Waals surface area contributed by atoms with Crippen LogP contribution >= 0.6 is 0 Å². The molecule has 23 heavy (non-hydrogen) atoms. The normalized spacial score (nSPS) is 19.9. The van der Waals surface area contributed by atoms with Crippen molar-refractivity contribution in [3.63, 3.8) is 0 Å². The number of ether oxygens (including phenoxy) is 1. The molecule has 1 aliphatic heterocycles. The minimum absolute atomic E-state index is 0.0266. The van der Waals surface area contributed by atoms with Crippen molar-refractivity contribution in [3.8, 4) is 0 Å². The van der Waals surface area contributed by atoms with E-state index in [1.807, 2.05) is 4.90 Å². The third-order valence-electron chi connectivity index (χ3n) is 4.80. The fourth-order valence-electron chi connectivity index (χ4n) is 3.43. The van der Waals surface area contributed by atoms with Gasteiger partial charge in [-0.1, -0.05) is 12.8 Å². The molecule has 1 saturated heterocycles. The molecule has 0 aromatic heterocycles. The molecular weight excluding hydrogens is 294 g/mol. The zero-order chi connectivity index (χ0) is 16.2. The molecule has 0 atom stereocenters. The van der Waals surface area contributed by atoms with E-state index in [4.69, 9.17) is 9.84 Å². The van der Waals surface area contributed by atoms with E-state index < -0.39 is 5.97 Å². The van der Waals surface area contributed by atoms with Gasteiger partial charge in [-0.25, -0.2) is 4.79 Å². The lowest BCUT2D eigenvalue weighted by molar-refractivity contribution is -0.0357. The van der Waals surface area contributed by atoms with Crippen LogP contribution in [0.15, 0.2) is 24.3 Å². The van der Waals surface area contributed by atoms with Gasteiger partial charge >= 0.3 is 5.97 Å². The van der Waals surface area contributed by atoms with Gasteiger partial charge in [0.25, 0.3) is 5.91 Å².